The van der Waals surface area contributed by atoms with E-state index in [9.17, 15) is 0 Å². The van der Waals surface area contributed by atoms with E-state index in [1.165, 1.54) is 64.5 Å². The molecule has 0 aromatic heterocycles. The molecule has 0 aromatic carbocycles. The van der Waals surface area contributed by atoms with Gasteiger partial charge in [0.15, 0.2) is 0 Å². The van der Waals surface area contributed by atoms with Crippen LogP contribution in [-0.2, 0) is 0 Å². The van der Waals surface area contributed by atoms with Crippen LogP contribution in [-0.4, -0.2) is 48.0 Å². The second kappa shape index (κ2) is 15.1. The van der Waals surface area contributed by atoms with Gasteiger partial charge >= 0.3 is 0 Å². The summed E-state index contributed by atoms with van der Waals surface area (Å²) in [4.78, 5) is 5.08. The molecule has 0 aliphatic heterocycles. The molecule has 0 heterocycles. The van der Waals surface area contributed by atoms with Gasteiger partial charge in [-0.1, -0.05) is 53.4 Å². The zero-order valence-corrected chi connectivity index (χ0v) is 15.8. The predicted octanol–water partition coefficient (Wildman–Crippen LogP) is 5.36. The molecule has 0 aliphatic carbocycles. The Balaban J connectivity index is 4.36. The Labute approximate surface area is 139 Å². The monoisotopic (exact) mass is 318 g/mol. The molecule has 0 saturated heterocycles. The van der Waals surface area contributed by atoms with Crippen molar-refractivity contribution in [1.82, 2.24) is 9.80 Å². The Hall–Kier alpha value is 0.210. The average molecular weight is 319 g/mol. The van der Waals surface area contributed by atoms with E-state index in [-0.39, 0.29) is 5.50 Å². The highest BCUT2D eigenvalue weighted by atomic mass is 35.5. The summed E-state index contributed by atoms with van der Waals surface area (Å²) < 4.78 is 0. The van der Waals surface area contributed by atoms with Gasteiger partial charge in [0.2, 0.25) is 0 Å². The van der Waals surface area contributed by atoms with Crippen molar-refractivity contribution in [1.29, 1.82) is 0 Å². The highest BCUT2D eigenvalue weighted by Crippen LogP contribution is 2.12. The summed E-state index contributed by atoms with van der Waals surface area (Å²) in [7, 11) is 0. The highest BCUT2D eigenvalue weighted by Gasteiger charge is 2.18. The third-order valence-corrected chi connectivity index (χ3v) is 4.47. The first-order chi connectivity index (χ1) is 10.2. The van der Waals surface area contributed by atoms with Crippen molar-refractivity contribution in [3.8, 4) is 0 Å². The molecule has 0 amide bonds. The first kappa shape index (κ1) is 21.2. The molecule has 1 unspecified atom stereocenters. The van der Waals surface area contributed by atoms with Crippen molar-refractivity contribution in [3.05, 3.63) is 0 Å². The molecule has 128 valence electrons. The Kier molecular flexibility index (Phi) is 15.3. The molecular weight excluding hydrogens is 280 g/mol. The molecule has 21 heavy (non-hydrogen) atoms. The molecule has 0 bridgehead atoms. The van der Waals surface area contributed by atoms with Gasteiger partial charge in [-0.2, -0.15) is 0 Å². The SMILES string of the molecule is CCCCN(CCCC)CC(Cl)N(CCCC)CCCC. The van der Waals surface area contributed by atoms with E-state index in [0.29, 0.717) is 0 Å². The van der Waals surface area contributed by atoms with Crippen molar-refractivity contribution in [2.45, 2.75) is 84.6 Å². The quantitative estimate of drug-likeness (QED) is 0.296. The number of hydrogen-bond acceptors (Lipinski definition) is 2. The molecule has 0 saturated carbocycles. The smallest absolute Gasteiger partial charge is 0.0979 e. The van der Waals surface area contributed by atoms with Crippen LogP contribution in [0.5, 0.6) is 0 Å². The molecule has 0 radical (unpaired) electrons. The van der Waals surface area contributed by atoms with Crippen LogP contribution in [0.1, 0.15) is 79.1 Å². The van der Waals surface area contributed by atoms with Gasteiger partial charge in [0.25, 0.3) is 0 Å². The van der Waals surface area contributed by atoms with Crippen LogP contribution in [0.15, 0.2) is 0 Å². The van der Waals surface area contributed by atoms with Gasteiger partial charge in [0.1, 0.15) is 0 Å². The minimum atomic E-state index is 0.178. The van der Waals surface area contributed by atoms with Gasteiger partial charge in [-0.3, -0.25) is 4.90 Å². The number of hydrogen-bond donors (Lipinski definition) is 0. The van der Waals surface area contributed by atoms with Crippen LogP contribution in [0.3, 0.4) is 0 Å². The molecule has 1 atom stereocenters. The maximum Gasteiger partial charge on any atom is 0.0979 e. The number of nitrogens with zero attached hydrogens (tertiary/aromatic N) is 2. The van der Waals surface area contributed by atoms with E-state index in [1.807, 2.05) is 0 Å². The number of alkyl halides is 1. The van der Waals surface area contributed by atoms with E-state index in [4.69, 9.17) is 11.6 Å². The first-order valence-electron chi connectivity index (χ1n) is 9.29. The number of unbranched alkanes of at least 4 members (excludes halogenated alkanes) is 4. The minimum Gasteiger partial charge on any atom is -0.301 e. The second-order valence-corrected chi connectivity index (χ2v) is 6.69. The van der Waals surface area contributed by atoms with Crippen LogP contribution in [0.25, 0.3) is 0 Å². The molecule has 0 fully saturated rings. The van der Waals surface area contributed by atoms with Crippen LogP contribution < -0.4 is 0 Å². The van der Waals surface area contributed by atoms with E-state index >= 15 is 0 Å². The molecule has 2 nitrogen and oxygen atoms in total. The van der Waals surface area contributed by atoms with Gasteiger partial charge in [-0.15, -0.1) is 11.6 Å². The van der Waals surface area contributed by atoms with Crippen LogP contribution in [0.2, 0.25) is 0 Å². The summed E-state index contributed by atoms with van der Waals surface area (Å²) in [6.45, 7) is 14.8. The fourth-order valence-corrected chi connectivity index (χ4v) is 2.89. The van der Waals surface area contributed by atoms with Crippen molar-refractivity contribution in [2.24, 2.45) is 0 Å². The second-order valence-electron chi connectivity index (χ2n) is 6.19. The Bertz CT molecular complexity index is 195. The number of halogens is 1. The van der Waals surface area contributed by atoms with Gasteiger partial charge in [-0.25, -0.2) is 0 Å². The maximum absolute atomic E-state index is 6.76. The minimum absolute atomic E-state index is 0.178. The van der Waals surface area contributed by atoms with E-state index in [1.54, 1.807) is 0 Å². The lowest BCUT2D eigenvalue weighted by atomic mass is 10.2. The van der Waals surface area contributed by atoms with Crippen LogP contribution in [0.4, 0.5) is 0 Å². The average Bonchev–Trinajstić information content (AvgIpc) is 2.49. The molecule has 0 N–H and O–H groups in total. The van der Waals surface area contributed by atoms with Gasteiger partial charge in [-0.05, 0) is 51.9 Å². The topological polar surface area (TPSA) is 6.48 Å². The standard InChI is InChI=1S/C18H39ClN2/c1-5-9-13-20(14-10-6-2)17-18(19)21(15-11-7-3)16-12-8-4/h18H,5-17H2,1-4H3. The Morgan fingerprint density at radius 1 is 0.667 bits per heavy atom. The molecule has 3 heteroatoms. The van der Waals surface area contributed by atoms with Crippen molar-refractivity contribution in [2.75, 3.05) is 32.7 Å². The summed E-state index contributed by atoms with van der Waals surface area (Å²) >= 11 is 6.76. The zero-order chi connectivity index (χ0) is 15.9. The van der Waals surface area contributed by atoms with Gasteiger partial charge in [0, 0.05) is 6.54 Å². The summed E-state index contributed by atoms with van der Waals surface area (Å²) in [5, 5.41) is 0. The van der Waals surface area contributed by atoms with Crippen molar-refractivity contribution in [3.63, 3.8) is 0 Å². The Morgan fingerprint density at radius 2 is 1.05 bits per heavy atom. The summed E-state index contributed by atoms with van der Waals surface area (Å²) in [5.74, 6) is 0. The van der Waals surface area contributed by atoms with Crippen molar-refractivity contribution < 1.29 is 0 Å². The van der Waals surface area contributed by atoms with E-state index in [2.05, 4.69) is 37.5 Å². The molecule has 0 spiro atoms. The fraction of sp³-hybridized carbons (Fsp3) is 1.00. The fourth-order valence-electron chi connectivity index (χ4n) is 2.50. The Morgan fingerprint density at radius 3 is 1.43 bits per heavy atom. The van der Waals surface area contributed by atoms with Crippen LogP contribution in [0, 0.1) is 0 Å². The summed E-state index contributed by atoms with van der Waals surface area (Å²) in [6, 6.07) is 0. The summed E-state index contributed by atoms with van der Waals surface area (Å²) in [5.41, 5.74) is 0.178. The molecule has 0 rings (SSSR count). The normalized spacial score (nSPS) is 13.3. The maximum atomic E-state index is 6.76. The first-order valence-corrected chi connectivity index (χ1v) is 9.73. The lowest BCUT2D eigenvalue weighted by Crippen LogP contribution is -2.42. The number of rotatable bonds is 15. The predicted molar refractivity (Wildman–Crippen MR) is 97.3 cm³/mol. The lowest BCUT2D eigenvalue weighted by Gasteiger charge is -2.32. The van der Waals surface area contributed by atoms with Crippen LogP contribution >= 0.6 is 11.6 Å². The van der Waals surface area contributed by atoms with Gasteiger partial charge < -0.3 is 4.90 Å². The molecule has 0 aliphatic rings. The lowest BCUT2D eigenvalue weighted by molar-refractivity contribution is 0.175. The third kappa shape index (κ3) is 11.4. The van der Waals surface area contributed by atoms with Gasteiger partial charge in [0.05, 0.1) is 5.50 Å². The van der Waals surface area contributed by atoms with E-state index in [0.717, 1.165) is 19.6 Å². The summed E-state index contributed by atoms with van der Waals surface area (Å²) in [6.07, 6.45) is 10.1. The zero-order valence-electron chi connectivity index (χ0n) is 15.0. The van der Waals surface area contributed by atoms with E-state index < -0.39 is 0 Å². The largest absolute Gasteiger partial charge is 0.301 e. The third-order valence-electron chi connectivity index (χ3n) is 4.06. The highest BCUT2D eigenvalue weighted by molar-refractivity contribution is 6.20. The molecule has 0 aromatic rings. The molecular formula is C18H39ClN2. The van der Waals surface area contributed by atoms with Crippen molar-refractivity contribution >= 4 is 11.6 Å².